The van der Waals surface area contributed by atoms with Gasteiger partial charge in [-0.1, -0.05) is 63.2 Å². The maximum absolute atomic E-state index is 13.4. The smallest absolute Gasteiger partial charge is 0.254 e. The second-order valence-corrected chi connectivity index (χ2v) is 9.57. The van der Waals surface area contributed by atoms with Crippen LogP contribution in [-0.4, -0.2) is 52.2 Å². The van der Waals surface area contributed by atoms with Crippen LogP contribution >= 0.6 is 12.6 Å². The molecule has 0 aliphatic heterocycles. The largest absolute Gasteiger partial charge is 0.380 e. The van der Waals surface area contributed by atoms with Crippen LogP contribution < -0.4 is 5.32 Å². The SMILES string of the molecule is C=C(/C=C(\S)CNC(=O)C(O)C(O)C(=O)N(CCCC)Cc1cccc(CC)c1)Cc1cccc(F)c1. The van der Waals surface area contributed by atoms with E-state index >= 15 is 0 Å². The first-order chi connectivity index (χ1) is 17.6. The predicted octanol–water partition coefficient (Wildman–Crippen LogP) is 3.97. The van der Waals surface area contributed by atoms with E-state index in [-0.39, 0.29) is 18.9 Å². The van der Waals surface area contributed by atoms with Crippen LogP contribution in [-0.2, 0) is 29.0 Å². The molecule has 0 radical (unpaired) electrons. The zero-order valence-electron chi connectivity index (χ0n) is 21.5. The number of halogens is 1. The first-order valence-electron chi connectivity index (χ1n) is 12.5. The van der Waals surface area contributed by atoms with Gasteiger partial charge >= 0.3 is 0 Å². The molecule has 2 atom stereocenters. The molecule has 8 heteroatoms. The third kappa shape index (κ3) is 10.1. The highest BCUT2D eigenvalue weighted by molar-refractivity contribution is 7.84. The van der Waals surface area contributed by atoms with Gasteiger partial charge in [-0.3, -0.25) is 9.59 Å². The highest BCUT2D eigenvalue weighted by Gasteiger charge is 2.33. The number of unbranched alkanes of at least 4 members (excludes halogenated alkanes) is 1. The fourth-order valence-electron chi connectivity index (χ4n) is 3.78. The van der Waals surface area contributed by atoms with Gasteiger partial charge in [0.25, 0.3) is 11.8 Å². The van der Waals surface area contributed by atoms with E-state index in [1.807, 2.05) is 38.1 Å². The number of aryl methyl sites for hydroxylation is 1. The third-order valence-electron chi connectivity index (χ3n) is 5.82. The molecule has 0 heterocycles. The molecule has 2 rings (SSSR count). The van der Waals surface area contributed by atoms with Crippen molar-refractivity contribution < 1.29 is 24.2 Å². The summed E-state index contributed by atoms with van der Waals surface area (Å²) in [4.78, 5) is 27.4. The number of nitrogens with zero attached hydrogens (tertiary/aromatic N) is 1. The van der Waals surface area contributed by atoms with E-state index in [4.69, 9.17) is 0 Å². The molecule has 0 spiro atoms. The third-order valence-corrected chi connectivity index (χ3v) is 6.11. The number of carbonyl (C=O) groups is 2. The van der Waals surface area contributed by atoms with Gasteiger partial charge in [-0.05, 0) is 59.7 Å². The number of aliphatic hydroxyl groups excluding tert-OH is 2. The zero-order chi connectivity index (χ0) is 27.4. The number of nitrogens with one attached hydrogen (secondary N) is 1. The summed E-state index contributed by atoms with van der Waals surface area (Å²) >= 11 is 4.33. The van der Waals surface area contributed by atoms with Gasteiger partial charge in [0, 0.05) is 24.5 Å². The van der Waals surface area contributed by atoms with Gasteiger partial charge in [-0.25, -0.2) is 4.39 Å². The molecule has 200 valence electrons. The Morgan fingerprint density at radius 2 is 1.76 bits per heavy atom. The average Bonchev–Trinajstić information content (AvgIpc) is 2.88. The van der Waals surface area contributed by atoms with Crippen LogP contribution in [0.5, 0.6) is 0 Å². The monoisotopic (exact) mass is 528 g/mol. The van der Waals surface area contributed by atoms with Crippen molar-refractivity contribution in [1.82, 2.24) is 10.2 Å². The number of thiol groups is 1. The second kappa shape index (κ2) is 15.3. The first-order valence-corrected chi connectivity index (χ1v) is 12.9. The van der Waals surface area contributed by atoms with Crippen molar-refractivity contribution in [2.24, 2.45) is 0 Å². The average molecular weight is 529 g/mol. The molecule has 6 nitrogen and oxygen atoms in total. The summed E-state index contributed by atoms with van der Waals surface area (Å²) < 4.78 is 13.4. The van der Waals surface area contributed by atoms with E-state index in [1.165, 1.54) is 17.0 Å². The van der Waals surface area contributed by atoms with Gasteiger partial charge in [0.1, 0.15) is 5.82 Å². The Morgan fingerprint density at radius 1 is 1.08 bits per heavy atom. The van der Waals surface area contributed by atoms with Crippen molar-refractivity contribution in [1.29, 1.82) is 0 Å². The molecule has 0 saturated carbocycles. The van der Waals surface area contributed by atoms with Gasteiger partial charge in [0.15, 0.2) is 12.2 Å². The Morgan fingerprint density at radius 3 is 2.43 bits per heavy atom. The van der Waals surface area contributed by atoms with Crippen molar-refractivity contribution in [3.8, 4) is 0 Å². The summed E-state index contributed by atoms with van der Waals surface area (Å²) in [6.07, 6.45) is 0.634. The molecule has 0 aliphatic carbocycles. The van der Waals surface area contributed by atoms with Crippen molar-refractivity contribution in [2.45, 2.75) is 58.3 Å². The standard InChI is InChI=1S/C29H37FN2O4S/c1-4-6-13-32(19-23-11-7-9-21(5-2)16-23)29(36)27(34)26(33)28(35)31-18-25(37)15-20(3)14-22-10-8-12-24(30)17-22/h7-12,15-17,26-27,33-34,37H,3-6,13-14,18-19H2,1-2H3,(H,31,35)/b25-15-. The van der Waals surface area contributed by atoms with E-state index < -0.39 is 24.0 Å². The molecule has 2 aromatic carbocycles. The number of allylic oxidation sites excluding steroid dienone is 2. The maximum atomic E-state index is 13.4. The summed E-state index contributed by atoms with van der Waals surface area (Å²) in [7, 11) is 0. The number of hydrogen-bond donors (Lipinski definition) is 4. The molecule has 2 amide bonds. The molecule has 0 aliphatic rings. The number of rotatable bonds is 14. The molecule has 0 aromatic heterocycles. The van der Waals surface area contributed by atoms with Crippen molar-refractivity contribution in [3.05, 3.63) is 94.2 Å². The summed E-state index contributed by atoms with van der Waals surface area (Å²) in [6.45, 7) is 8.60. The normalized spacial score (nSPS) is 13.1. The molecule has 0 saturated heterocycles. The van der Waals surface area contributed by atoms with Crippen LogP contribution in [0.15, 0.2) is 71.7 Å². The molecule has 0 bridgehead atoms. The van der Waals surface area contributed by atoms with E-state index in [2.05, 4.69) is 24.5 Å². The molecule has 3 N–H and O–H groups in total. The lowest BCUT2D eigenvalue weighted by Gasteiger charge is -2.27. The zero-order valence-corrected chi connectivity index (χ0v) is 22.4. The second-order valence-electron chi connectivity index (χ2n) is 8.99. The number of aliphatic hydroxyl groups is 2. The van der Waals surface area contributed by atoms with Crippen molar-refractivity contribution >= 4 is 24.4 Å². The number of hydrogen-bond acceptors (Lipinski definition) is 5. The Hall–Kier alpha value is -2.94. The van der Waals surface area contributed by atoms with Crippen LogP contribution in [0.4, 0.5) is 4.39 Å². The van der Waals surface area contributed by atoms with Crippen LogP contribution in [0.1, 0.15) is 43.4 Å². The lowest BCUT2D eigenvalue weighted by Crippen LogP contribution is -2.51. The Kier molecular flexibility index (Phi) is 12.6. The topological polar surface area (TPSA) is 89.9 Å². The molecule has 2 aromatic rings. The minimum atomic E-state index is -1.93. The lowest BCUT2D eigenvalue weighted by molar-refractivity contribution is -0.153. The number of benzene rings is 2. The quantitative estimate of drug-likeness (QED) is 0.221. The Bertz CT molecular complexity index is 1100. The number of amides is 2. The summed E-state index contributed by atoms with van der Waals surface area (Å²) in [5, 5.41) is 23.4. The number of carbonyl (C=O) groups excluding carboxylic acids is 2. The highest BCUT2D eigenvalue weighted by Crippen LogP contribution is 2.14. The van der Waals surface area contributed by atoms with E-state index in [1.54, 1.807) is 18.2 Å². The first kappa shape index (κ1) is 30.3. The van der Waals surface area contributed by atoms with E-state index in [0.717, 1.165) is 36.0 Å². The van der Waals surface area contributed by atoms with E-state index in [9.17, 15) is 24.2 Å². The van der Waals surface area contributed by atoms with Crippen LogP contribution in [0.3, 0.4) is 0 Å². The summed E-state index contributed by atoms with van der Waals surface area (Å²) in [5.41, 5.74) is 3.45. The fourth-order valence-corrected chi connectivity index (χ4v) is 4.04. The van der Waals surface area contributed by atoms with Crippen LogP contribution in [0.25, 0.3) is 0 Å². The molecule has 0 fully saturated rings. The van der Waals surface area contributed by atoms with Gasteiger partial charge in [-0.15, -0.1) is 12.6 Å². The molecule has 37 heavy (non-hydrogen) atoms. The summed E-state index contributed by atoms with van der Waals surface area (Å²) in [5.74, 6) is -1.93. The van der Waals surface area contributed by atoms with Gasteiger partial charge in [-0.2, -0.15) is 0 Å². The summed E-state index contributed by atoms with van der Waals surface area (Å²) in [6, 6.07) is 14.0. The molecule has 2 unspecified atom stereocenters. The van der Waals surface area contributed by atoms with Crippen LogP contribution in [0.2, 0.25) is 0 Å². The van der Waals surface area contributed by atoms with E-state index in [0.29, 0.717) is 23.4 Å². The van der Waals surface area contributed by atoms with Gasteiger partial charge < -0.3 is 20.4 Å². The minimum absolute atomic E-state index is 0.0363. The van der Waals surface area contributed by atoms with Gasteiger partial charge in [0.05, 0.1) is 0 Å². The Balaban J connectivity index is 1.95. The highest BCUT2D eigenvalue weighted by atomic mass is 32.1. The minimum Gasteiger partial charge on any atom is -0.380 e. The fraction of sp³-hybridized carbons (Fsp3) is 0.379. The predicted molar refractivity (Wildman–Crippen MR) is 147 cm³/mol. The molecular weight excluding hydrogens is 491 g/mol. The van der Waals surface area contributed by atoms with Crippen molar-refractivity contribution in [2.75, 3.05) is 13.1 Å². The van der Waals surface area contributed by atoms with Gasteiger partial charge in [0.2, 0.25) is 0 Å². The Labute approximate surface area is 224 Å². The lowest BCUT2D eigenvalue weighted by atomic mass is 10.1. The van der Waals surface area contributed by atoms with Crippen LogP contribution in [0, 0.1) is 5.82 Å². The maximum Gasteiger partial charge on any atom is 0.254 e. The molecular formula is C29H37FN2O4S. The van der Waals surface area contributed by atoms with Crippen molar-refractivity contribution in [3.63, 3.8) is 0 Å².